The van der Waals surface area contributed by atoms with Crippen molar-refractivity contribution < 1.29 is 0 Å². The highest BCUT2D eigenvalue weighted by atomic mass is 14.2. The first kappa shape index (κ1) is 13.1. The number of hydrogen-bond donors (Lipinski definition) is 0. The van der Waals surface area contributed by atoms with Gasteiger partial charge in [-0.05, 0) is 11.8 Å². The van der Waals surface area contributed by atoms with Gasteiger partial charge in [0.15, 0.2) is 0 Å². The maximum absolute atomic E-state index is 2.46. The van der Waals surface area contributed by atoms with Crippen LogP contribution in [0.15, 0.2) is 0 Å². The van der Waals surface area contributed by atoms with E-state index in [-0.39, 0.29) is 0 Å². The van der Waals surface area contributed by atoms with Crippen molar-refractivity contribution in [1.82, 2.24) is 0 Å². The molecule has 2 unspecified atom stereocenters. The Morgan fingerprint density at radius 3 is 2.00 bits per heavy atom. The summed E-state index contributed by atoms with van der Waals surface area (Å²) in [5.41, 5.74) is 0. The molecule has 0 spiro atoms. The summed E-state index contributed by atoms with van der Waals surface area (Å²) in [5.74, 6) is 2.02. The topological polar surface area (TPSA) is 0 Å². The quantitative estimate of drug-likeness (QED) is 0.531. The molecule has 1 saturated carbocycles. The van der Waals surface area contributed by atoms with Gasteiger partial charge in [0.25, 0.3) is 0 Å². The van der Waals surface area contributed by atoms with Crippen LogP contribution in [0.2, 0.25) is 0 Å². The van der Waals surface area contributed by atoms with Gasteiger partial charge in [0, 0.05) is 0 Å². The van der Waals surface area contributed by atoms with Gasteiger partial charge in [0.05, 0.1) is 0 Å². The predicted molar refractivity (Wildman–Crippen MR) is 69.1 cm³/mol. The van der Waals surface area contributed by atoms with E-state index < -0.39 is 0 Å². The summed E-state index contributed by atoms with van der Waals surface area (Å²) in [6, 6.07) is 0. The van der Waals surface area contributed by atoms with Crippen molar-refractivity contribution in [2.75, 3.05) is 0 Å². The summed E-state index contributed by atoms with van der Waals surface area (Å²) in [4.78, 5) is 0. The molecular weight excluding hydrogens is 180 g/mol. The van der Waals surface area contributed by atoms with Crippen LogP contribution in [0.25, 0.3) is 0 Å². The summed E-state index contributed by atoms with van der Waals surface area (Å²) in [7, 11) is 0. The molecule has 0 heteroatoms. The first-order valence-electron chi connectivity index (χ1n) is 7.33. The molecule has 90 valence electrons. The van der Waals surface area contributed by atoms with Crippen LogP contribution in [0.5, 0.6) is 0 Å². The van der Waals surface area contributed by atoms with Crippen LogP contribution in [0.1, 0.15) is 84.5 Å². The van der Waals surface area contributed by atoms with E-state index in [9.17, 15) is 0 Å². The molecule has 0 aromatic carbocycles. The lowest BCUT2D eigenvalue weighted by Crippen LogP contribution is -2.04. The number of rotatable bonds is 1. The molecular formula is C15H30. The lowest BCUT2D eigenvalue weighted by atomic mass is 9.87. The van der Waals surface area contributed by atoms with Crippen LogP contribution in [0.4, 0.5) is 0 Å². The predicted octanol–water partition coefficient (Wildman–Crippen LogP) is 5.56. The van der Waals surface area contributed by atoms with E-state index in [1.54, 1.807) is 0 Å². The Morgan fingerprint density at radius 1 is 0.733 bits per heavy atom. The van der Waals surface area contributed by atoms with Gasteiger partial charge in [0.1, 0.15) is 0 Å². The van der Waals surface area contributed by atoms with E-state index in [0.29, 0.717) is 0 Å². The van der Waals surface area contributed by atoms with E-state index in [1.165, 1.54) is 70.6 Å². The van der Waals surface area contributed by atoms with Gasteiger partial charge in [-0.3, -0.25) is 0 Å². The van der Waals surface area contributed by atoms with E-state index in [2.05, 4.69) is 13.8 Å². The van der Waals surface area contributed by atoms with Crippen molar-refractivity contribution in [1.29, 1.82) is 0 Å². The summed E-state index contributed by atoms with van der Waals surface area (Å²) >= 11 is 0. The maximum Gasteiger partial charge on any atom is -0.0417 e. The smallest absolute Gasteiger partial charge is 0.0417 e. The third kappa shape index (κ3) is 6.22. The second kappa shape index (κ2) is 8.19. The summed E-state index contributed by atoms with van der Waals surface area (Å²) in [6.45, 7) is 4.83. The average Bonchev–Trinajstić information content (AvgIpc) is 2.23. The minimum atomic E-state index is 0.985. The Balaban J connectivity index is 2.27. The fourth-order valence-corrected chi connectivity index (χ4v) is 2.85. The summed E-state index contributed by atoms with van der Waals surface area (Å²) in [6.07, 6.45) is 16.3. The molecule has 2 atom stereocenters. The zero-order chi connectivity index (χ0) is 10.9. The zero-order valence-electron chi connectivity index (χ0n) is 10.9. The summed E-state index contributed by atoms with van der Waals surface area (Å²) < 4.78 is 0. The van der Waals surface area contributed by atoms with Crippen LogP contribution in [0, 0.1) is 11.8 Å². The highest BCUT2D eigenvalue weighted by Gasteiger charge is 2.10. The molecule has 1 aliphatic carbocycles. The lowest BCUT2D eigenvalue weighted by Gasteiger charge is -2.19. The third-order valence-electron chi connectivity index (χ3n) is 4.20. The average molecular weight is 210 g/mol. The van der Waals surface area contributed by atoms with Crippen LogP contribution >= 0.6 is 0 Å². The van der Waals surface area contributed by atoms with Gasteiger partial charge in [-0.15, -0.1) is 0 Å². The van der Waals surface area contributed by atoms with Gasteiger partial charge in [-0.25, -0.2) is 0 Å². The molecule has 0 radical (unpaired) electrons. The maximum atomic E-state index is 2.46. The molecule has 0 aromatic rings. The van der Waals surface area contributed by atoms with Crippen molar-refractivity contribution in [3.8, 4) is 0 Å². The van der Waals surface area contributed by atoms with Crippen molar-refractivity contribution >= 4 is 0 Å². The van der Waals surface area contributed by atoms with Crippen LogP contribution in [0.3, 0.4) is 0 Å². The fraction of sp³-hybridized carbons (Fsp3) is 1.00. The largest absolute Gasteiger partial charge is 0.0651 e. The molecule has 0 aliphatic heterocycles. The normalized spacial score (nSPS) is 31.6. The minimum absolute atomic E-state index is 0.985. The molecule has 0 saturated heterocycles. The molecule has 0 heterocycles. The van der Waals surface area contributed by atoms with E-state index >= 15 is 0 Å². The van der Waals surface area contributed by atoms with Gasteiger partial charge >= 0.3 is 0 Å². The summed E-state index contributed by atoms with van der Waals surface area (Å²) in [5, 5.41) is 0. The van der Waals surface area contributed by atoms with Crippen molar-refractivity contribution in [2.24, 2.45) is 11.8 Å². The monoisotopic (exact) mass is 210 g/mol. The first-order chi connectivity index (χ1) is 7.33. The first-order valence-corrected chi connectivity index (χ1v) is 7.33. The molecule has 1 aliphatic rings. The van der Waals surface area contributed by atoms with E-state index in [0.717, 1.165) is 11.8 Å². The Morgan fingerprint density at radius 2 is 1.33 bits per heavy atom. The van der Waals surface area contributed by atoms with Crippen LogP contribution in [-0.2, 0) is 0 Å². The fourth-order valence-electron chi connectivity index (χ4n) is 2.85. The molecule has 15 heavy (non-hydrogen) atoms. The Kier molecular flexibility index (Phi) is 7.13. The van der Waals surface area contributed by atoms with Crippen LogP contribution < -0.4 is 0 Å². The van der Waals surface area contributed by atoms with Gasteiger partial charge < -0.3 is 0 Å². The molecule has 0 aromatic heterocycles. The highest BCUT2D eigenvalue weighted by molar-refractivity contribution is 4.63. The molecule has 0 N–H and O–H groups in total. The molecule has 1 rings (SSSR count). The lowest BCUT2D eigenvalue weighted by molar-refractivity contribution is 0.344. The van der Waals surface area contributed by atoms with Gasteiger partial charge in [-0.2, -0.15) is 0 Å². The molecule has 0 amide bonds. The van der Waals surface area contributed by atoms with Gasteiger partial charge in [-0.1, -0.05) is 84.5 Å². The third-order valence-corrected chi connectivity index (χ3v) is 4.20. The molecule has 0 bridgehead atoms. The van der Waals surface area contributed by atoms with Crippen molar-refractivity contribution in [3.05, 3.63) is 0 Å². The van der Waals surface area contributed by atoms with E-state index in [4.69, 9.17) is 0 Å². The second-order valence-corrected chi connectivity index (χ2v) is 5.66. The zero-order valence-corrected chi connectivity index (χ0v) is 10.9. The minimum Gasteiger partial charge on any atom is -0.0651 e. The SMILES string of the molecule is CCC1CCCCCCCCC(C)CC1. The second-order valence-electron chi connectivity index (χ2n) is 5.66. The number of hydrogen-bond acceptors (Lipinski definition) is 0. The van der Waals surface area contributed by atoms with Crippen molar-refractivity contribution in [2.45, 2.75) is 84.5 Å². The Bertz CT molecular complexity index is 139. The molecule has 1 fully saturated rings. The Labute approximate surface area is 96.8 Å². The standard InChI is InChI=1S/C15H30/c1-3-15-11-9-7-5-4-6-8-10-14(2)12-13-15/h14-15H,3-13H2,1-2H3. The van der Waals surface area contributed by atoms with Crippen LogP contribution in [-0.4, -0.2) is 0 Å². The highest BCUT2D eigenvalue weighted by Crippen LogP contribution is 2.25. The molecule has 0 nitrogen and oxygen atoms in total. The van der Waals surface area contributed by atoms with Gasteiger partial charge in [0.2, 0.25) is 0 Å². The Hall–Kier alpha value is 0. The van der Waals surface area contributed by atoms with E-state index in [1.807, 2.05) is 0 Å². The van der Waals surface area contributed by atoms with Crippen molar-refractivity contribution in [3.63, 3.8) is 0 Å².